The van der Waals surface area contributed by atoms with Gasteiger partial charge in [0, 0.05) is 24.2 Å². The zero-order valence-electron chi connectivity index (χ0n) is 5.17. The summed E-state index contributed by atoms with van der Waals surface area (Å²) in [5.41, 5.74) is 0. The molecule has 0 bridgehead atoms. The number of hydrogen-bond donors (Lipinski definition) is 3. The quantitative estimate of drug-likeness (QED) is 0.398. The molecule has 0 spiro atoms. The largest absolute Gasteiger partial charge is 0.481 e. The molecule has 6 heteroatoms. The number of aliphatic hydroxyl groups excluding tert-OH is 1. The minimum atomic E-state index is -1.31. The summed E-state index contributed by atoms with van der Waals surface area (Å²) in [7, 11) is 1.00. The molecule has 1 radical (unpaired) electrons. The Labute approximate surface area is 68.1 Å². The Balaban J connectivity index is -0.000000149. The van der Waals surface area contributed by atoms with E-state index >= 15 is 0 Å². The van der Waals surface area contributed by atoms with Gasteiger partial charge in [-0.15, -0.1) is 0 Å². The molecular formula is C4H8CuO5. The summed E-state index contributed by atoms with van der Waals surface area (Å²) in [6.45, 7) is 0. The normalized spacial score (nSPS) is 6.20. The van der Waals surface area contributed by atoms with Gasteiger partial charge in [-0.3, -0.25) is 9.59 Å². The van der Waals surface area contributed by atoms with Crippen molar-refractivity contribution < 1.29 is 42.0 Å². The van der Waals surface area contributed by atoms with E-state index in [1.165, 1.54) is 0 Å². The van der Waals surface area contributed by atoms with E-state index in [-0.39, 0.29) is 17.1 Å². The molecule has 0 amide bonds. The van der Waals surface area contributed by atoms with Gasteiger partial charge in [-0.05, 0) is 0 Å². The molecule has 0 aromatic rings. The van der Waals surface area contributed by atoms with Crippen molar-refractivity contribution in [1.29, 1.82) is 0 Å². The summed E-state index contributed by atoms with van der Waals surface area (Å²) in [4.78, 5) is 18.9. The molecule has 0 aromatic heterocycles. The predicted molar refractivity (Wildman–Crippen MR) is 28.0 cm³/mol. The van der Waals surface area contributed by atoms with Crippen molar-refractivity contribution in [2.75, 3.05) is 7.11 Å². The maximum absolute atomic E-state index is 9.43. The van der Waals surface area contributed by atoms with Crippen LogP contribution in [0.15, 0.2) is 0 Å². The van der Waals surface area contributed by atoms with Crippen molar-refractivity contribution in [3.63, 3.8) is 0 Å². The van der Waals surface area contributed by atoms with Crippen molar-refractivity contribution >= 4 is 11.9 Å². The molecule has 65 valence electrons. The van der Waals surface area contributed by atoms with E-state index in [1.54, 1.807) is 0 Å². The second-order valence-electron chi connectivity index (χ2n) is 0.964. The minimum Gasteiger partial charge on any atom is -0.481 e. The molecule has 0 aliphatic carbocycles. The van der Waals surface area contributed by atoms with E-state index < -0.39 is 18.4 Å². The van der Waals surface area contributed by atoms with Crippen LogP contribution in [-0.4, -0.2) is 34.4 Å². The number of rotatable bonds is 2. The molecule has 0 saturated carbocycles. The van der Waals surface area contributed by atoms with Crippen LogP contribution >= 0.6 is 0 Å². The molecule has 0 rings (SSSR count). The van der Waals surface area contributed by atoms with E-state index in [1.807, 2.05) is 0 Å². The first-order chi connectivity index (χ1) is 4.13. The van der Waals surface area contributed by atoms with Gasteiger partial charge in [-0.1, -0.05) is 0 Å². The van der Waals surface area contributed by atoms with Crippen molar-refractivity contribution in [2.45, 2.75) is 6.42 Å². The fourth-order valence-corrected chi connectivity index (χ4v) is 0.129. The maximum atomic E-state index is 9.43. The van der Waals surface area contributed by atoms with Crippen molar-refractivity contribution in [3.05, 3.63) is 0 Å². The number of hydrogen-bond acceptors (Lipinski definition) is 3. The zero-order valence-corrected chi connectivity index (χ0v) is 6.11. The van der Waals surface area contributed by atoms with E-state index in [9.17, 15) is 9.59 Å². The second kappa shape index (κ2) is 11.2. The molecule has 0 heterocycles. The zero-order chi connectivity index (χ0) is 7.86. The number of aliphatic hydroxyl groups is 1. The fourth-order valence-electron chi connectivity index (χ4n) is 0.129. The summed E-state index contributed by atoms with van der Waals surface area (Å²) in [5.74, 6) is -2.62. The summed E-state index contributed by atoms with van der Waals surface area (Å²) in [6, 6.07) is 0. The van der Waals surface area contributed by atoms with Gasteiger partial charge in [0.2, 0.25) is 0 Å². The first-order valence-electron chi connectivity index (χ1n) is 2.01. The van der Waals surface area contributed by atoms with Gasteiger partial charge < -0.3 is 15.3 Å². The monoisotopic (exact) mass is 199 g/mol. The molecule has 10 heavy (non-hydrogen) atoms. The Morgan fingerprint density at radius 3 is 1.30 bits per heavy atom. The molecule has 0 unspecified atom stereocenters. The topological polar surface area (TPSA) is 94.8 Å². The third kappa shape index (κ3) is 26.1. The van der Waals surface area contributed by atoms with Crippen molar-refractivity contribution in [3.8, 4) is 0 Å². The Kier molecular flexibility index (Phi) is 18.2. The third-order valence-electron chi connectivity index (χ3n) is 0.302. The van der Waals surface area contributed by atoms with E-state index in [2.05, 4.69) is 0 Å². The van der Waals surface area contributed by atoms with Crippen LogP contribution < -0.4 is 0 Å². The summed E-state index contributed by atoms with van der Waals surface area (Å²) in [5, 5.41) is 22.4. The molecule has 0 aliphatic rings. The number of carboxylic acids is 2. The molecule has 0 atom stereocenters. The summed E-state index contributed by atoms with van der Waals surface area (Å²) < 4.78 is 0. The van der Waals surface area contributed by atoms with Gasteiger partial charge in [-0.2, -0.15) is 0 Å². The van der Waals surface area contributed by atoms with Gasteiger partial charge in [0.15, 0.2) is 0 Å². The first-order valence-corrected chi connectivity index (χ1v) is 2.01. The first kappa shape index (κ1) is 16.2. The molecule has 3 N–H and O–H groups in total. The molecule has 5 nitrogen and oxygen atoms in total. The SMILES string of the molecule is CO.O=C(O)CC(=O)O.[Cu]. The van der Waals surface area contributed by atoms with Crippen molar-refractivity contribution in [1.82, 2.24) is 0 Å². The van der Waals surface area contributed by atoms with Crippen LogP contribution in [0.25, 0.3) is 0 Å². The molecule has 0 fully saturated rings. The van der Waals surface area contributed by atoms with Gasteiger partial charge in [0.25, 0.3) is 0 Å². The second-order valence-corrected chi connectivity index (χ2v) is 0.964. The minimum absolute atomic E-state index is 0. The third-order valence-corrected chi connectivity index (χ3v) is 0.302. The van der Waals surface area contributed by atoms with Gasteiger partial charge in [-0.25, -0.2) is 0 Å². The van der Waals surface area contributed by atoms with Crippen LogP contribution in [0.4, 0.5) is 0 Å². The van der Waals surface area contributed by atoms with E-state index in [0.29, 0.717) is 0 Å². The fraction of sp³-hybridized carbons (Fsp3) is 0.500. The van der Waals surface area contributed by atoms with Crippen molar-refractivity contribution in [2.24, 2.45) is 0 Å². The van der Waals surface area contributed by atoms with Crippen LogP contribution in [0.5, 0.6) is 0 Å². The molecule has 0 aromatic carbocycles. The Hall–Kier alpha value is -0.581. The number of carboxylic acid groups (broad SMARTS) is 2. The molecular weight excluding hydrogens is 192 g/mol. The van der Waals surface area contributed by atoms with Crippen LogP contribution in [0.2, 0.25) is 0 Å². The summed E-state index contributed by atoms with van der Waals surface area (Å²) in [6.07, 6.45) is -0.806. The Morgan fingerprint density at radius 1 is 1.10 bits per heavy atom. The standard InChI is InChI=1S/C3H4O4.CH4O.Cu/c4-2(5)1-3(6)7;1-2;/h1H2,(H,4,5)(H,6,7);2H,1H3;. The Morgan fingerprint density at radius 2 is 1.30 bits per heavy atom. The van der Waals surface area contributed by atoms with Gasteiger partial charge >= 0.3 is 11.9 Å². The van der Waals surface area contributed by atoms with Crippen LogP contribution in [0.1, 0.15) is 6.42 Å². The average Bonchev–Trinajstić information content (AvgIpc) is 1.68. The number of carbonyl (C=O) groups is 2. The van der Waals surface area contributed by atoms with Crippen LogP contribution in [0, 0.1) is 0 Å². The van der Waals surface area contributed by atoms with E-state index in [4.69, 9.17) is 15.3 Å². The molecule has 0 aliphatic heterocycles. The smallest absolute Gasteiger partial charge is 0.314 e. The van der Waals surface area contributed by atoms with Crippen LogP contribution in [-0.2, 0) is 26.7 Å². The number of aliphatic carboxylic acids is 2. The van der Waals surface area contributed by atoms with Crippen LogP contribution in [0.3, 0.4) is 0 Å². The summed E-state index contributed by atoms with van der Waals surface area (Å²) >= 11 is 0. The maximum Gasteiger partial charge on any atom is 0.314 e. The van der Waals surface area contributed by atoms with Gasteiger partial charge in [0.1, 0.15) is 6.42 Å². The van der Waals surface area contributed by atoms with Gasteiger partial charge in [0.05, 0.1) is 0 Å². The predicted octanol–water partition coefficient (Wildman–Crippen LogP) is -0.848. The molecule has 0 saturated heterocycles. The van der Waals surface area contributed by atoms with E-state index in [0.717, 1.165) is 7.11 Å². The average molecular weight is 200 g/mol. The Bertz CT molecular complexity index is 89.8.